The Kier molecular flexibility index (Phi) is 9.21. The Morgan fingerprint density at radius 1 is 0.913 bits per heavy atom. The number of amides is 2. The Hall–Kier alpha value is -4.51. The van der Waals surface area contributed by atoms with Crippen molar-refractivity contribution in [3.8, 4) is 11.1 Å². The summed E-state index contributed by atoms with van der Waals surface area (Å²) >= 11 is 0. The van der Waals surface area contributed by atoms with Crippen LogP contribution in [0.4, 0.5) is 18.9 Å². The molecule has 0 spiro atoms. The largest absolute Gasteiger partial charge is 0.435 e. The lowest BCUT2D eigenvalue weighted by Gasteiger charge is -2.28. The molecule has 1 aliphatic heterocycles. The highest BCUT2D eigenvalue weighted by Crippen LogP contribution is 2.42. The van der Waals surface area contributed by atoms with E-state index in [4.69, 9.17) is 0 Å². The van der Waals surface area contributed by atoms with Crippen molar-refractivity contribution >= 4 is 17.5 Å². The first-order valence-corrected chi connectivity index (χ1v) is 15.7. The van der Waals surface area contributed by atoms with E-state index in [9.17, 15) is 22.8 Å². The Morgan fingerprint density at radius 3 is 2.41 bits per heavy atom. The van der Waals surface area contributed by atoms with Crippen molar-refractivity contribution in [1.82, 2.24) is 24.6 Å². The van der Waals surface area contributed by atoms with Gasteiger partial charge in [0.2, 0.25) is 11.8 Å². The number of aromatic nitrogens is 3. The molecule has 3 heterocycles. The predicted octanol–water partition coefficient (Wildman–Crippen LogP) is 6.13. The molecule has 0 unspecified atom stereocenters. The van der Waals surface area contributed by atoms with Gasteiger partial charge in [-0.05, 0) is 65.8 Å². The van der Waals surface area contributed by atoms with Gasteiger partial charge in [-0.1, -0.05) is 42.5 Å². The third-order valence-corrected chi connectivity index (χ3v) is 8.63. The molecule has 0 bridgehead atoms. The molecule has 11 heteroatoms. The van der Waals surface area contributed by atoms with Gasteiger partial charge in [0.15, 0.2) is 5.69 Å². The number of benzene rings is 2. The fraction of sp³-hybridized carbons (Fsp3) is 0.371. The highest BCUT2D eigenvalue weighted by Gasteiger charge is 2.38. The Morgan fingerprint density at radius 2 is 1.72 bits per heavy atom. The van der Waals surface area contributed by atoms with Gasteiger partial charge in [-0.3, -0.25) is 24.2 Å². The van der Waals surface area contributed by atoms with Crippen LogP contribution in [-0.2, 0) is 35.4 Å². The lowest BCUT2D eigenvalue weighted by Crippen LogP contribution is -2.40. The smallest absolute Gasteiger partial charge is 0.335 e. The average molecular weight is 631 g/mol. The first-order valence-electron chi connectivity index (χ1n) is 15.7. The van der Waals surface area contributed by atoms with E-state index in [0.29, 0.717) is 44.1 Å². The van der Waals surface area contributed by atoms with Gasteiger partial charge in [-0.25, -0.2) is 0 Å². The molecule has 2 amide bonds. The summed E-state index contributed by atoms with van der Waals surface area (Å²) in [5, 5.41) is 3.85. The second kappa shape index (κ2) is 13.5. The van der Waals surface area contributed by atoms with Crippen LogP contribution < -0.4 is 4.90 Å². The third kappa shape index (κ3) is 7.47. The zero-order chi connectivity index (χ0) is 32.3. The summed E-state index contributed by atoms with van der Waals surface area (Å²) in [5.74, 6) is -0.454. The van der Waals surface area contributed by atoms with E-state index < -0.39 is 11.9 Å². The Labute approximate surface area is 266 Å². The molecule has 0 radical (unpaired) electrons. The summed E-state index contributed by atoms with van der Waals surface area (Å²) in [4.78, 5) is 37.0. The van der Waals surface area contributed by atoms with E-state index in [1.54, 1.807) is 29.1 Å². The molecule has 46 heavy (non-hydrogen) atoms. The van der Waals surface area contributed by atoms with Gasteiger partial charge < -0.3 is 9.80 Å². The van der Waals surface area contributed by atoms with Crippen molar-refractivity contribution in [3.63, 3.8) is 0 Å². The summed E-state index contributed by atoms with van der Waals surface area (Å²) in [6, 6.07) is 20.8. The van der Waals surface area contributed by atoms with Gasteiger partial charge in [-0.15, -0.1) is 0 Å². The molecule has 6 rings (SSSR count). The molecular weight excluding hydrogens is 593 g/mol. The summed E-state index contributed by atoms with van der Waals surface area (Å²) in [7, 11) is 0. The predicted molar refractivity (Wildman–Crippen MR) is 169 cm³/mol. The van der Waals surface area contributed by atoms with Gasteiger partial charge >= 0.3 is 6.18 Å². The molecule has 240 valence electrons. The van der Waals surface area contributed by atoms with Crippen LogP contribution in [0.1, 0.15) is 54.6 Å². The summed E-state index contributed by atoms with van der Waals surface area (Å²) in [6.07, 6.45) is 1.14. The monoisotopic (exact) mass is 630 g/mol. The van der Waals surface area contributed by atoms with Gasteiger partial charge in [-0.2, -0.15) is 18.3 Å². The number of rotatable bonds is 6. The Bertz CT molecular complexity index is 1670. The molecule has 1 saturated carbocycles. The van der Waals surface area contributed by atoms with Crippen LogP contribution in [0, 0.1) is 0 Å². The molecule has 1 aliphatic carbocycles. The fourth-order valence-corrected chi connectivity index (χ4v) is 6.09. The molecule has 4 aromatic rings. The number of anilines is 1. The van der Waals surface area contributed by atoms with Crippen LogP contribution in [0.15, 0.2) is 79.1 Å². The fourth-order valence-electron chi connectivity index (χ4n) is 6.09. The molecular formula is C35H37F3N6O2. The van der Waals surface area contributed by atoms with Crippen LogP contribution in [0.5, 0.6) is 0 Å². The van der Waals surface area contributed by atoms with E-state index >= 15 is 0 Å². The number of pyridine rings is 1. The van der Waals surface area contributed by atoms with E-state index in [2.05, 4.69) is 27.1 Å². The summed E-state index contributed by atoms with van der Waals surface area (Å²) < 4.78 is 42.1. The maximum absolute atomic E-state index is 14.1. The highest BCUT2D eigenvalue weighted by atomic mass is 19.4. The molecule has 2 aromatic carbocycles. The maximum atomic E-state index is 14.1. The van der Waals surface area contributed by atoms with Crippen LogP contribution in [-0.4, -0.2) is 62.6 Å². The zero-order valence-corrected chi connectivity index (χ0v) is 25.8. The van der Waals surface area contributed by atoms with Crippen LogP contribution in [0.25, 0.3) is 11.1 Å². The quantitative estimate of drug-likeness (QED) is 0.256. The standard InChI is InChI=1S/C35H37F3N6O2/c1-25(45)43-16-6-15-41(22-26-7-3-2-4-8-26)17-18-42(23-30-19-28(12-13-31(30)43)29-9-5-14-39-21-29)34(46)24-44-32(27-10-11-27)20-33(40-44)35(36,37)38/h2-5,7-9,12-14,19-21,27H,6,10-11,15-18,22-24H2,1H3. The number of nitrogens with zero attached hydrogens (tertiary/aromatic N) is 6. The molecule has 1 fully saturated rings. The minimum atomic E-state index is -4.59. The molecule has 0 N–H and O–H groups in total. The van der Waals surface area contributed by atoms with Crippen molar-refractivity contribution in [2.24, 2.45) is 0 Å². The van der Waals surface area contributed by atoms with Gasteiger partial charge in [0.05, 0.1) is 0 Å². The SMILES string of the molecule is CC(=O)N1CCCN(Cc2ccccc2)CCN(C(=O)Cn2nc(C(F)(F)F)cc2C2CC2)Cc2cc(-c3cccnc3)ccc21. The van der Waals surface area contributed by atoms with Crippen molar-refractivity contribution in [2.75, 3.05) is 31.1 Å². The average Bonchev–Trinajstić information content (AvgIpc) is 3.80. The van der Waals surface area contributed by atoms with E-state index in [1.165, 1.54) is 4.68 Å². The minimum absolute atomic E-state index is 0.0211. The number of alkyl halides is 3. The number of carbonyl (C=O) groups is 2. The number of hydrogen-bond donors (Lipinski definition) is 0. The first kappa shape index (κ1) is 31.5. The van der Waals surface area contributed by atoms with Crippen molar-refractivity contribution in [1.29, 1.82) is 0 Å². The van der Waals surface area contributed by atoms with Crippen LogP contribution >= 0.6 is 0 Å². The highest BCUT2D eigenvalue weighted by molar-refractivity contribution is 5.93. The maximum Gasteiger partial charge on any atom is 0.435 e. The van der Waals surface area contributed by atoms with Crippen molar-refractivity contribution < 1.29 is 22.8 Å². The second-order valence-electron chi connectivity index (χ2n) is 12.1. The molecule has 0 saturated heterocycles. The van der Waals surface area contributed by atoms with E-state index in [1.807, 2.05) is 48.5 Å². The molecule has 2 aromatic heterocycles. The zero-order valence-electron chi connectivity index (χ0n) is 25.8. The normalized spacial score (nSPS) is 16.5. The van der Waals surface area contributed by atoms with Gasteiger partial charge in [0, 0.05) is 75.9 Å². The van der Waals surface area contributed by atoms with E-state index in [0.717, 1.165) is 47.6 Å². The van der Waals surface area contributed by atoms with E-state index in [-0.39, 0.29) is 30.8 Å². The van der Waals surface area contributed by atoms with Crippen LogP contribution in [0.3, 0.4) is 0 Å². The van der Waals surface area contributed by atoms with Crippen molar-refractivity contribution in [3.05, 3.63) is 102 Å². The van der Waals surface area contributed by atoms with Gasteiger partial charge in [0.1, 0.15) is 6.54 Å². The first-order chi connectivity index (χ1) is 22.2. The number of halogens is 3. The third-order valence-electron chi connectivity index (χ3n) is 8.63. The van der Waals surface area contributed by atoms with Crippen LogP contribution in [0.2, 0.25) is 0 Å². The number of fused-ring (bicyclic) bond motifs is 1. The van der Waals surface area contributed by atoms with Crippen molar-refractivity contribution in [2.45, 2.75) is 57.9 Å². The van der Waals surface area contributed by atoms with Gasteiger partial charge in [0.25, 0.3) is 0 Å². The lowest BCUT2D eigenvalue weighted by atomic mass is 10.0. The minimum Gasteiger partial charge on any atom is -0.335 e. The number of carbonyl (C=O) groups excluding carboxylic acids is 2. The number of hydrogen-bond acceptors (Lipinski definition) is 5. The lowest BCUT2D eigenvalue weighted by molar-refractivity contribution is -0.142. The summed E-state index contributed by atoms with van der Waals surface area (Å²) in [6.45, 7) is 4.20. The molecule has 2 aliphatic rings. The topological polar surface area (TPSA) is 74.6 Å². The summed E-state index contributed by atoms with van der Waals surface area (Å²) in [5.41, 5.74) is 3.89. The molecule has 8 nitrogen and oxygen atoms in total. The Balaban J connectivity index is 1.36. The molecule has 0 atom stereocenters. The second-order valence-corrected chi connectivity index (χ2v) is 12.1.